The Hall–Kier alpha value is -0.0100. The van der Waals surface area contributed by atoms with E-state index in [1.807, 2.05) is 6.08 Å². The molecule has 60 valence electrons. The van der Waals surface area contributed by atoms with E-state index in [0.29, 0.717) is 0 Å². The molecule has 0 fully saturated rings. The first-order valence-electron chi connectivity index (χ1n) is 3.74. The van der Waals surface area contributed by atoms with Gasteiger partial charge in [0.2, 0.25) is 0 Å². The van der Waals surface area contributed by atoms with Crippen LogP contribution in [0.4, 0.5) is 0 Å². The lowest BCUT2D eigenvalue weighted by molar-refractivity contribution is 0.320. The van der Waals surface area contributed by atoms with E-state index in [0.717, 1.165) is 31.9 Å². The van der Waals surface area contributed by atoms with Crippen LogP contribution >= 0.6 is 11.6 Å². The molecular weight excluding hydrogens is 146 g/mol. The van der Waals surface area contributed by atoms with Crippen LogP contribution in [0.2, 0.25) is 0 Å². The van der Waals surface area contributed by atoms with Gasteiger partial charge in [0.05, 0.1) is 0 Å². The van der Waals surface area contributed by atoms with Gasteiger partial charge in [-0.3, -0.25) is 4.90 Å². The van der Waals surface area contributed by atoms with Crippen molar-refractivity contribution in [2.75, 3.05) is 25.5 Å². The zero-order chi connectivity index (χ0) is 7.82. The van der Waals surface area contributed by atoms with E-state index in [1.165, 1.54) is 0 Å². The first kappa shape index (κ1) is 9.99. The predicted molar refractivity (Wildman–Crippen MR) is 47.6 cm³/mol. The maximum atomic E-state index is 5.55. The molecule has 0 saturated carbocycles. The van der Waals surface area contributed by atoms with Gasteiger partial charge in [-0.05, 0) is 19.5 Å². The summed E-state index contributed by atoms with van der Waals surface area (Å²) in [6.07, 6.45) is 3.00. The zero-order valence-electron chi connectivity index (χ0n) is 6.65. The Morgan fingerprint density at radius 1 is 1.60 bits per heavy atom. The van der Waals surface area contributed by atoms with E-state index in [9.17, 15) is 0 Å². The van der Waals surface area contributed by atoms with E-state index in [4.69, 9.17) is 11.6 Å². The topological polar surface area (TPSA) is 3.24 Å². The Morgan fingerprint density at radius 3 is 2.70 bits per heavy atom. The molecule has 0 radical (unpaired) electrons. The van der Waals surface area contributed by atoms with Crippen LogP contribution < -0.4 is 0 Å². The van der Waals surface area contributed by atoms with Crippen LogP contribution in [0.25, 0.3) is 0 Å². The highest BCUT2D eigenvalue weighted by Crippen LogP contribution is 1.92. The Kier molecular flexibility index (Phi) is 7.09. The average Bonchev–Trinajstić information content (AvgIpc) is 1.98. The molecule has 0 aromatic carbocycles. The first-order valence-corrected chi connectivity index (χ1v) is 4.27. The number of likely N-dealkylation sites (N-methyl/N-ethyl adjacent to an activating group) is 1. The van der Waals surface area contributed by atoms with Crippen molar-refractivity contribution in [1.29, 1.82) is 0 Å². The number of rotatable bonds is 6. The van der Waals surface area contributed by atoms with Crippen molar-refractivity contribution in [3.63, 3.8) is 0 Å². The molecule has 0 rings (SSSR count). The lowest BCUT2D eigenvalue weighted by atomic mass is 10.4. The Balaban J connectivity index is 3.29. The van der Waals surface area contributed by atoms with Crippen molar-refractivity contribution < 1.29 is 0 Å². The molecule has 0 aliphatic heterocycles. The summed E-state index contributed by atoms with van der Waals surface area (Å²) in [5, 5.41) is 0. The Morgan fingerprint density at radius 2 is 2.30 bits per heavy atom. The molecule has 0 bridgehead atoms. The predicted octanol–water partition coefficient (Wildman–Crippen LogP) is 2.12. The molecule has 0 saturated heterocycles. The van der Waals surface area contributed by atoms with Gasteiger partial charge in [0.1, 0.15) is 0 Å². The molecule has 0 heterocycles. The Labute approximate surface area is 68.7 Å². The van der Waals surface area contributed by atoms with Gasteiger partial charge in [0, 0.05) is 12.4 Å². The van der Waals surface area contributed by atoms with Gasteiger partial charge >= 0.3 is 0 Å². The summed E-state index contributed by atoms with van der Waals surface area (Å²) in [5.41, 5.74) is 0. The lowest BCUT2D eigenvalue weighted by Gasteiger charge is -2.16. The lowest BCUT2D eigenvalue weighted by Crippen LogP contribution is -2.24. The van der Waals surface area contributed by atoms with Gasteiger partial charge < -0.3 is 0 Å². The molecule has 2 heteroatoms. The molecule has 0 unspecified atom stereocenters. The summed E-state index contributed by atoms with van der Waals surface area (Å²) in [6.45, 7) is 8.99. The highest BCUT2D eigenvalue weighted by atomic mass is 35.5. The van der Waals surface area contributed by atoms with Crippen LogP contribution in [0.5, 0.6) is 0 Å². The van der Waals surface area contributed by atoms with Gasteiger partial charge in [0.25, 0.3) is 0 Å². The average molecular weight is 162 g/mol. The fourth-order valence-corrected chi connectivity index (χ4v) is 0.964. The maximum Gasteiger partial charge on any atom is 0.0235 e. The van der Waals surface area contributed by atoms with Crippen LogP contribution in [-0.2, 0) is 0 Å². The molecule has 0 aliphatic rings. The highest BCUT2D eigenvalue weighted by molar-refractivity contribution is 6.17. The second-order valence-electron chi connectivity index (χ2n) is 2.22. The minimum absolute atomic E-state index is 0.758. The monoisotopic (exact) mass is 161 g/mol. The van der Waals surface area contributed by atoms with E-state index in [2.05, 4.69) is 18.4 Å². The van der Waals surface area contributed by atoms with Crippen molar-refractivity contribution in [2.45, 2.75) is 13.3 Å². The minimum Gasteiger partial charge on any atom is -0.300 e. The Bertz CT molecular complexity index is 83.3. The molecule has 0 spiro atoms. The first-order chi connectivity index (χ1) is 4.85. The van der Waals surface area contributed by atoms with Crippen molar-refractivity contribution >= 4 is 11.6 Å². The fourth-order valence-electron chi connectivity index (χ4n) is 0.844. The normalized spacial score (nSPS) is 10.3. The van der Waals surface area contributed by atoms with Crippen LogP contribution in [0.1, 0.15) is 13.3 Å². The van der Waals surface area contributed by atoms with Crippen molar-refractivity contribution in [3.05, 3.63) is 12.7 Å². The van der Waals surface area contributed by atoms with Crippen molar-refractivity contribution in [1.82, 2.24) is 4.90 Å². The van der Waals surface area contributed by atoms with Crippen LogP contribution in [-0.4, -0.2) is 30.4 Å². The van der Waals surface area contributed by atoms with Gasteiger partial charge in [-0.25, -0.2) is 0 Å². The smallest absolute Gasteiger partial charge is 0.0235 e. The van der Waals surface area contributed by atoms with E-state index >= 15 is 0 Å². The number of alkyl halides is 1. The standard InChI is InChI=1S/C8H16ClN/c1-3-7-10(4-2)8-5-6-9/h3H,1,4-8H2,2H3. The van der Waals surface area contributed by atoms with Crippen LogP contribution in [0.3, 0.4) is 0 Å². The number of hydrogen-bond acceptors (Lipinski definition) is 1. The molecule has 1 nitrogen and oxygen atoms in total. The summed E-state index contributed by atoms with van der Waals surface area (Å²) in [4.78, 5) is 2.31. The number of nitrogens with zero attached hydrogens (tertiary/aromatic N) is 1. The number of hydrogen-bond donors (Lipinski definition) is 0. The number of halogens is 1. The van der Waals surface area contributed by atoms with Gasteiger partial charge in [0.15, 0.2) is 0 Å². The second-order valence-corrected chi connectivity index (χ2v) is 2.60. The maximum absolute atomic E-state index is 5.55. The molecule has 0 amide bonds. The quantitative estimate of drug-likeness (QED) is 0.426. The summed E-state index contributed by atoms with van der Waals surface area (Å²) in [6, 6.07) is 0. The molecule has 0 aromatic heterocycles. The molecule has 0 aromatic rings. The van der Waals surface area contributed by atoms with Crippen LogP contribution in [0, 0.1) is 0 Å². The molecular formula is C8H16ClN. The summed E-state index contributed by atoms with van der Waals surface area (Å²) in [7, 11) is 0. The highest BCUT2D eigenvalue weighted by Gasteiger charge is 1.96. The van der Waals surface area contributed by atoms with E-state index in [1.54, 1.807) is 0 Å². The third-order valence-corrected chi connectivity index (χ3v) is 1.71. The summed E-state index contributed by atoms with van der Waals surface area (Å²) >= 11 is 5.55. The third kappa shape index (κ3) is 4.83. The minimum atomic E-state index is 0.758. The zero-order valence-corrected chi connectivity index (χ0v) is 7.40. The SMILES string of the molecule is C=CCN(CC)CCCCl. The molecule has 0 atom stereocenters. The van der Waals surface area contributed by atoms with Gasteiger partial charge in [-0.1, -0.05) is 13.0 Å². The third-order valence-electron chi connectivity index (χ3n) is 1.44. The van der Waals surface area contributed by atoms with E-state index < -0.39 is 0 Å². The summed E-state index contributed by atoms with van der Waals surface area (Å²) in [5.74, 6) is 0.758. The van der Waals surface area contributed by atoms with Gasteiger partial charge in [-0.2, -0.15) is 0 Å². The van der Waals surface area contributed by atoms with Gasteiger partial charge in [-0.15, -0.1) is 18.2 Å². The molecule has 0 N–H and O–H groups in total. The van der Waals surface area contributed by atoms with Crippen LogP contribution in [0.15, 0.2) is 12.7 Å². The summed E-state index contributed by atoms with van der Waals surface area (Å²) < 4.78 is 0. The van der Waals surface area contributed by atoms with E-state index in [-0.39, 0.29) is 0 Å². The van der Waals surface area contributed by atoms with Crippen molar-refractivity contribution in [2.24, 2.45) is 0 Å². The van der Waals surface area contributed by atoms with Crippen molar-refractivity contribution in [3.8, 4) is 0 Å². The molecule has 0 aliphatic carbocycles. The molecule has 10 heavy (non-hydrogen) atoms. The largest absolute Gasteiger partial charge is 0.300 e. The second kappa shape index (κ2) is 7.10. The fraction of sp³-hybridized carbons (Fsp3) is 0.750.